The Morgan fingerprint density at radius 2 is 2.16 bits per heavy atom. The number of carbonyl (C=O) groups is 1. The Morgan fingerprint density at radius 3 is 2.84 bits per heavy atom. The topological polar surface area (TPSA) is 76.1 Å². The summed E-state index contributed by atoms with van der Waals surface area (Å²) in [6, 6.07) is 4.78. The normalized spacial score (nSPS) is 15.6. The number of nitrogens with zero attached hydrogens (tertiary/aromatic N) is 1. The van der Waals surface area contributed by atoms with Crippen molar-refractivity contribution in [3.05, 3.63) is 28.2 Å². The first kappa shape index (κ1) is 12.8. The summed E-state index contributed by atoms with van der Waals surface area (Å²) in [5, 5.41) is -0.418. The highest BCUT2D eigenvalue weighted by Crippen LogP contribution is 2.28. The fourth-order valence-electron chi connectivity index (χ4n) is 1.69. The molecule has 0 bridgehead atoms. The van der Waals surface area contributed by atoms with Crippen molar-refractivity contribution in [3.63, 3.8) is 0 Å². The lowest BCUT2D eigenvalue weighted by Gasteiger charge is -2.05. The van der Waals surface area contributed by atoms with E-state index in [1.165, 1.54) is 17.4 Å². The minimum Gasteiger partial charge on any atom is -0.268 e. The van der Waals surface area contributed by atoms with Gasteiger partial charge in [0.25, 0.3) is 5.91 Å². The van der Waals surface area contributed by atoms with Crippen LogP contribution in [0.4, 0.5) is 0 Å². The highest BCUT2D eigenvalue weighted by atomic mass is 35.5. The minimum atomic E-state index is -3.52. The number of fused-ring (bicyclic) bond motifs is 1. The molecule has 0 spiro atoms. The van der Waals surface area contributed by atoms with Gasteiger partial charge in [0.1, 0.15) is 0 Å². The number of sulfonamides is 1. The van der Waals surface area contributed by atoms with Crippen LogP contribution in [0.3, 0.4) is 0 Å². The molecule has 1 aromatic heterocycles. The Kier molecular flexibility index (Phi) is 2.99. The molecule has 1 heterocycles. The van der Waals surface area contributed by atoms with Gasteiger partial charge in [-0.1, -0.05) is 11.6 Å². The molecule has 3 rings (SSSR count). The zero-order valence-corrected chi connectivity index (χ0v) is 12.0. The molecule has 1 saturated carbocycles. The van der Waals surface area contributed by atoms with E-state index in [4.69, 9.17) is 11.6 Å². The predicted molar refractivity (Wildman–Crippen MR) is 74.0 cm³/mol. The van der Waals surface area contributed by atoms with Crippen LogP contribution in [0.5, 0.6) is 0 Å². The highest BCUT2D eigenvalue weighted by Gasteiger charge is 2.36. The summed E-state index contributed by atoms with van der Waals surface area (Å²) in [6.45, 7) is 0. The van der Waals surface area contributed by atoms with Gasteiger partial charge in [-0.3, -0.25) is 4.79 Å². The second-order valence-corrected chi connectivity index (χ2v) is 7.90. The van der Waals surface area contributed by atoms with Crippen molar-refractivity contribution >= 4 is 49.1 Å². The van der Waals surface area contributed by atoms with Gasteiger partial charge in [0.2, 0.25) is 10.0 Å². The van der Waals surface area contributed by atoms with Crippen LogP contribution in [-0.2, 0) is 10.0 Å². The Balaban J connectivity index is 1.88. The Bertz CT molecular complexity index is 765. The van der Waals surface area contributed by atoms with E-state index in [2.05, 4.69) is 9.71 Å². The first-order valence-electron chi connectivity index (χ1n) is 5.58. The molecule has 1 fully saturated rings. The quantitative estimate of drug-likeness (QED) is 0.941. The summed E-state index contributed by atoms with van der Waals surface area (Å²) in [7, 11) is -3.52. The summed E-state index contributed by atoms with van der Waals surface area (Å²) < 4.78 is 26.6. The molecule has 19 heavy (non-hydrogen) atoms. The number of benzene rings is 1. The van der Waals surface area contributed by atoms with E-state index in [0.717, 1.165) is 4.70 Å². The van der Waals surface area contributed by atoms with E-state index < -0.39 is 21.2 Å². The fourth-order valence-corrected chi connectivity index (χ4v) is 4.06. The fraction of sp³-hybridized carbons (Fsp3) is 0.273. The first-order chi connectivity index (χ1) is 8.95. The van der Waals surface area contributed by atoms with Crippen molar-refractivity contribution in [2.24, 2.45) is 0 Å². The lowest BCUT2D eigenvalue weighted by atomic mass is 10.2. The number of rotatable bonds is 3. The maximum Gasteiger partial charge on any atom is 0.264 e. The van der Waals surface area contributed by atoms with Gasteiger partial charge in [-0.05, 0) is 31.0 Å². The summed E-state index contributed by atoms with van der Waals surface area (Å²) in [4.78, 5) is 16.0. The molecule has 0 atom stereocenters. The van der Waals surface area contributed by atoms with Gasteiger partial charge in [0.05, 0.1) is 15.5 Å². The molecule has 100 valence electrons. The minimum absolute atomic E-state index is 0.289. The third kappa shape index (κ3) is 2.58. The molecule has 1 aromatic carbocycles. The molecule has 1 N–H and O–H groups in total. The molecular weight excluding hydrogens is 308 g/mol. The SMILES string of the molecule is O=C(NS(=O)(=O)C1CC1)c1ccc2nc(Cl)sc2c1. The third-order valence-corrected chi connectivity index (χ3v) is 5.76. The molecule has 8 heteroatoms. The lowest BCUT2D eigenvalue weighted by molar-refractivity contribution is 0.0981. The van der Waals surface area contributed by atoms with Crippen molar-refractivity contribution in [2.45, 2.75) is 18.1 Å². The van der Waals surface area contributed by atoms with E-state index >= 15 is 0 Å². The van der Waals surface area contributed by atoms with Crippen molar-refractivity contribution in [1.82, 2.24) is 9.71 Å². The first-order valence-corrected chi connectivity index (χ1v) is 8.32. The van der Waals surface area contributed by atoms with Crippen LogP contribution < -0.4 is 4.72 Å². The van der Waals surface area contributed by atoms with Crippen LogP contribution in [0.25, 0.3) is 10.2 Å². The van der Waals surface area contributed by atoms with Crippen molar-refractivity contribution < 1.29 is 13.2 Å². The Morgan fingerprint density at radius 1 is 1.42 bits per heavy atom. The number of hydrogen-bond acceptors (Lipinski definition) is 5. The van der Waals surface area contributed by atoms with Gasteiger partial charge in [-0.2, -0.15) is 0 Å². The van der Waals surface area contributed by atoms with E-state index in [9.17, 15) is 13.2 Å². The number of amides is 1. The van der Waals surface area contributed by atoms with Crippen LogP contribution in [0.15, 0.2) is 18.2 Å². The highest BCUT2D eigenvalue weighted by molar-refractivity contribution is 7.91. The van der Waals surface area contributed by atoms with Crippen LogP contribution in [0, 0.1) is 0 Å². The molecule has 1 aliphatic rings. The average Bonchev–Trinajstić information content (AvgIpc) is 3.10. The second-order valence-electron chi connectivity index (χ2n) is 4.32. The summed E-state index contributed by atoms with van der Waals surface area (Å²) in [5.41, 5.74) is 0.980. The molecule has 1 amide bonds. The van der Waals surface area contributed by atoms with Gasteiger partial charge in [-0.15, -0.1) is 11.3 Å². The van der Waals surface area contributed by atoms with E-state index in [-0.39, 0.29) is 5.56 Å². The molecule has 0 aliphatic heterocycles. The zero-order valence-electron chi connectivity index (χ0n) is 9.59. The molecule has 0 radical (unpaired) electrons. The summed E-state index contributed by atoms with van der Waals surface area (Å²) >= 11 is 7.03. The zero-order chi connectivity index (χ0) is 13.6. The van der Waals surface area contributed by atoms with Crippen molar-refractivity contribution in [2.75, 3.05) is 0 Å². The molecular formula is C11H9ClN2O3S2. The number of nitrogens with one attached hydrogen (secondary N) is 1. The molecule has 0 unspecified atom stereocenters. The predicted octanol–water partition coefficient (Wildman–Crippen LogP) is 2.17. The van der Waals surface area contributed by atoms with Crippen LogP contribution in [0.2, 0.25) is 4.47 Å². The third-order valence-electron chi connectivity index (χ3n) is 2.82. The van der Waals surface area contributed by atoms with Crippen LogP contribution in [0.1, 0.15) is 23.2 Å². The number of hydrogen-bond donors (Lipinski definition) is 1. The molecule has 0 saturated heterocycles. The summed E-state index contributed by atoms with van der Waals surface area (Å²) in [5.74, 6) is -0.613. The van der Waals surface area contributed by atoms with Crippen LogP contribution in [-0.4, -0.2) is 24.6 Å². The van der Waals surface area contributed by atoms with Crippen LogP contribution >= 0.6 is 22.9 Å². The number of aromatic nitrogens is 1. The summed E-state index contributed by atoms with van der Waals surface area (Å²) in [6.07, 6.45) is 1.23. The van der Waals surface area contributed by atoms with E-state index in [1.807, 2.05) is 0 Å². The van der Waals surface area contributed by atoms with Crippen molar-refractivity contribution in [3.8, 4) is 0 Å². The monoisotopic (exact) mass is 316 g/mol. The maximum atomic E-state index is 11.9. The Hall–Kier alpha value is -1.18. The largest absolute Gasteiger partial charge is 0.268 e. The number of carbonyl (C=O) groups excluding carboxylic acids is 1. The lowest BCUT2D eigenvalue weighted by Crippen LogP contribution is -2.33. The smallest absolute Gasteiger partial charge is 0.264 e. The van der Waals surface area contributed by atoms with Gasteiger partial charge < -0.3 is 0 Å². The standard InChI is InChI=1S/C11H9ClN2O3S2/c12-11-13-8-4-1-6(5-9(8)18-11)10(15)14-19(16,17)7-2-3-7/h1,4-5,7H,2-3H2,(H,14,15). The van der Waals surface area contributed by atoms with Gasteiger partial charge >= 0.3 is 0 Å². The van der Waals surface area contributed by atoms with Crippen molar-refractivity contribution in [1.29, 1.82) is 0 Å². The number of thiazole rings is 1. The van der Waals surface area contributed by atoms with E-state index in [0.29, 0.717) is 22.8 Å². The van der Waals surface area contributed by atoms with Gasteiger partial charge in [-0.25, -0.2) is 18.1 Å². The number of halogens is 1. The second kappa shape index (κ2) is 4.43. The molecule has 1 aliphatic carbocycles. The Labute approximate surface area is 118 Å². The van der Waals surface area contributed by atoms with Gasteiger partial charge in [0, 0.05) is 5.56 Å². The molecule has 5 nitrogen and oxygen atoms in total. The average molecular weight is 317 g/mol. The maximum absolute atomic E-state index is 11.9. The molecule has 2 aromatic rings. The van der Waals surface area contributed by atoms with Gasteiger partial charge in [0.15, 0.2) is 4.47 Å². The van der Waals surface area contributed by atoms with E-state index in [1.54, 1.807) is 12.1 Å².